The quantitative estimate of drug-likeness (QED) is 0.328. The summed E-state index contributed by atoms with van der Waals surface area (Å²) in [5.41, 5.74) is 0.823. The molecule has 0 heterocycles. The van der Waals surface area contributed by atoms with Crippen LogP contribution in [0.25, 0.3) is 0 Å². The zero-order valence-corrected chi connectivity index (χ0v) is 13.7. The molecule has 5 heteroatoms. The number of hydrogen-bond donors (Lipinski definition) is 2. The van der Waals surface area contributed by atoms with E-state index in [1.807, 2.05) is 24.3 Å². The molecule has 2 N–H and O–H groups in total. The van der Waals surface area contributed by atoms with E-state index in [4.69, 9.17) is 0 Å². The first-order valence-corrected chi connectivity index (χ1v) is 9.01. The van der Waals surface area contributed by atoms with Gasteiger partial charge in [-0.1, -0.05) is 51.0 Å². The van der Waals surface area contributed by atoms with Gasteiger partial charge >= 0.3 is 0 Å². The van der Waals surface area contributed by atoms with E-state index in [0.717, 1.165) is 16.3 Å². The van der Waals surface area contributed by atoms with E-state index in [1.54, 1.807) is 23.9 Å². The average molecular weight is 313 g/mol. The van der Waals surface area contributed by atoms with Gasteiger partial charge in [-0.05, 0) is 42.6 Å². The Morgan fingerprint density at radius 1 is 1.05 bits per heavy atom. The molecule has 1 aromatic rings. The van der Waals surface area contributed by atoms with E-state index < -0.39 is 0 Å². The van der Waals surface area contributed by atoms with E-state index in [1.165, 1.54) is 38.5 Å². The van der Waals surface area contributed by atoms with Crippen molar-refractivity contribution >= 4 is 36.0 Å². The molecule has 0 radical (unpaired) electrons. The summed E-state index contributed by atoms with van der Waals surface area (Å²) in [4.78, 5) is 11.4. The van der Waals surface area contributed by atoms with Crippen molar-refractivity contribution < 1.29 is 4.79 Å². The summed E-state index contributed by atoms with van der Waals surface area (Å²) in [6, 6.07) is 7.79. The molecule has 0 saturated carbocycles. The fraction of sp³-hybridized carbons (Fsp3) is 0.533. The lowest BCUT2D eigenvalue weighted by atomic mass is 10.1. The van der Waals surface area contributed by atoms with Crippen molar-refractivity contribution in [1.29, 1.82) is 0 Å². The molecule has 0 spiro atoms. The number of anilines is 1. The summed E-state index contributed by atoms with van der Waals surface area (Å²) < 4.78 is 3.30. The predicted molar refractivity (Wildman–Crippen MR) is 91.0 cm³/mol. The van der Waals surface area contributed by atoms with Crippen LogP contribution in [0.4, 0.5) is 5.69 Å². The van der Waals surface area contributed by atoms with Crippen LogP contribution >= 0.6 is 23.9 Å². The maximum atomic E-state index is 10.3. The third-order valence-electron chi connectivity index (χ3n) is 2.90. The number of carbonyl (C=O) groups excluding carboxylic acids is 1. The summed E-state index contributed by atoms with van der Waals surface area (Å²) in [6.45, 7) is 2.25. The smallest absolute Gasteiger partial charge is 0.211 e. The highest BCUT2D eigenvalue weighted by atomic mass is 32.2. The molecule has 0 aromatic heterocycles. The third kappa shape index (κ3) is 8.51. The van der Waals surface area contributed by atoms with Gasteiger partial charge in [0.2, 0.25) is 6.41 Å². The SMILES string of the molecule is CCCCCCCCSNSc1ccc(NC=O)cc1. The Balaban J connectivity index is 1.99. The molecule has 1 amide bonds. The van der Waals surface area contributed by atoms with Crippen LogP contribution < -0.4 is 9.44 Å². The summed E-state index contributed by atoms with van der Waals surface area (Å²) >= 11 is 3.38. The third-order valence-corrected chi connectivity index (χ3v) is 4.70. The van der Waals surface area contributed by atoms with Gasteiger partial charge in [0.1, 0.15) is 0 Å². The first-order valence-electron chi connectivity index (χ1n) is 7.20. The monoisotopic (exact) mass is 312 g/mol. The number of carbonyl (C=O) groups is 1. The van der Waals surface area contributed by atoms with E-state index in [9.17, 15) is 4.79 Å². The van der Waals surface area contributed by atoms with Crippen molar-refractivity contribution in [1.82, 2.24) is 4.13 Å². The molecule has 20 heavy (non-hydrogen) atoms. The molecule has 3 nitrogen and oxygen atoms in total. The highest BCUT2D eigenvalue weighted by Crippen LogP contribution is 2.20. The lowest BCUT2D eigenvalue weighted by Gasteiger charge is -2.04. The summed E-state index contributed by atoms with van der Waals surface area (Å²) in [5.74, 6) is 1.16. The first-order chi connectivity index (χ1) is 9.86. The lowest BCUT2D eigenvalue weighted by Crippen LogP contribution is -1.94. The minimum absolute atomic E-state index is 0.691. The second-order valence-corrected chi connectivity index (χ2v) is 6.63. The van der Waals surface area contributed by atoms with Crippen LogP contribution in [-0.2, 0) is 4.79 Å². The van der Waals surface area contributed by atoms with Crippen molar-refractivity contribution in [3.8, 4) is 0 Å². The molecule has 0 atom stereocenters. The number of hydrogen-bond acceptors (Lipinski definition) is 4. The zero-order valence-electron chi connectivity index (χ0n) is 12.1. The van der Waals surface area contributed by atoms with Crippen LogP contribution in [-0.4, -0.2) is 12.2 Å². The fourth-order valence-electron chi connectivity index (χ4n) is 1.76. The van der Waals surface area contributed by atoms with Gasteiger partial charge < -0.3 is 5.32 Å². The van der Waals surface area contributed by atoms with Gasteiger partial charge in [0.25, 0.3) is 0 Å². The fourth-order valence-corrected chi connectivity index (χ4v) is 3.34. The molecule has 0 aliphatic heterocycles. The van der Waals surface area contributed by atoms with E-state index in [2.05, 4.69) is 16.4 Å². The molecule has 0 fully saturated rings. The van der Waals surface area contributed by atoms with Crippen LogP contribution in [0.3, 0.4) is 0 Å². The molecule has 0 bridgehead atoms. The van der Waals surface area contributed by atoms with Crippen LogP contribution in [0.15, 0.2) is 29.2 Å². The van der Waals surface area contributed by atoms with Crippen molar-refractivity contribution in [3.63, 3.8) is 0 Å². The van der Waals surface area contributed by atoms with Gasteiger partial charge in [-0.25, -0.2) is 4.13 Å². The van der Waals surface area contributed by atoms with Gasteiger partial charge in [-0.15, -0.1) is 0 Å². The van der Waals surface area contributed by atoms with Crippen molar-refractivity contribution in [3.05, 3.63) is 24.3 Å². The van der Waals surface area contributed by atoms with Crippen LogP contribution in [0.5, 0.6) is 0 Å². The Kier molecular flexibility index (Phi) is 10.5. The number of amides is 1. The summed E-state index contributed by atoms with van der Waals surface area (Å²) in [5, 5.41) is 2.62. The molecule has 0 unspecified atom stereocenters. The lowest BCUT2D eigenvalue weighted by molar-refractivity contribution is -0.105. The maximum Gasteiger partial charge on any atom is 0.211 e. The molecule has 1 aromatic carbocycles. The summed E-state index contributed by atoms with van der Waals surface area (Å²) in [7, 11) is 0. The Morgan fingerprint density at radius 3 is 2.45 bits per heavy atom. The molecule has 1 rings (SSSR count). The van der Waals surface area contributed by atoms with Crippen LogP contribution in [0.2, 0.25) is 0 Å². The molecular formula is C15H24N2OS2. The zero-order chi connectivity index (χ0) is 14.5. The summed E-state index contributed by atoms with van der Waals surface area (Å²) in [6.07, 6.45) is 8.74. The highest BCUT2D eigenvalue weighted by molar-refractivity contribution is 8.12. The Hall–Kier alpha value is -0.650. The number of nitrogens with one attached hydrogen (secondary N) is 2. The second-order valence-electron chi connectivity index (χ2n) is 4.59. The highest BCUT2D eigenvalue weighted by Gasteiger charge is 1.96. The Bertz CT molecular complexity index is 357. The van der Waals surface area contributed by atoms with Gasteiger partial charge in [-0.3, -0.25) is 4.79 Å². The Morgan fingerprint density at radius 2 is 1.75 bits per heavy atom. The Labute approximate surface area is 130 Å². The number of benzene rings is 1. The first kappa shape index (κ1) is 17.4. The van der Waals surface area contributed by atoms with Crippen LogP contribution in [0, 0.1) is 0 Å². The number of unbranched alkanes of at least 4 members (excludes halogenated alkanes) is 5. The predicted octanol–water partition coefficient (Wildman–Crippen LogP) is 4.86. The van der Waals surface area contributed by atoms with E-state index in [0.29, 0.717) is 6.41 Å². The number of rotatable bonds is 12. The van der Waals surface area contributed by atoms with Gasteiger partial charge in [-0.2, -0.15) is 0 Å². The second kappa shape index (κ2) is 12.1. The largest absolute Gasteiger partial charge is 0.329 e. The van der Waals surface area contributed by atoms with Gasteiger partial charge in [0.05, 0.1) is 0 Å². The minimum atomic E-state index is 0.691. The molecule has 0 aliphatic rings. The maximum absolute atomic E-state index is 10.3. The van der Waals surface area contributed by atoms with Crippen molar-refractivity contribution in [2.24, 2.45) is 0 Å². The molecule has 0 aliphatic carbocycles. The van der Waals surface area contributed by atoms with Crippen LogP contribution in [0.1, 0.15) is 45.4 Å². The molecule has 0 saturated heterocycles. The normalized spacial score (nSPS) is 10.4. The molecular weight excluding hydrogens is 288 g/mol. The van der Waals surface area contributed by atoms with E-state index >= 15 is 0 Å². The average Bonchev–Trinajstić information content (AvgIpc) is 2.47. The standard InChI is InChI=1S/C15H24N2OS2/c1-2-3-4-5-6-7-12-19-17-20-15-10-8-14(9-11-15)16-13-18/h8-11,13,17H,2-7,12H2,1H3,(H,16,18). The molecule has 112 valence electrons. The van der Waals surface area contributed by atoms with Gasteiger partial charge in [0.15, 0.2) is 0 Å². The van der Waals surface area contributed by atoms with Crippen molar-refractivity contribution in [2.45, 2.75) is 50.3 Å². The van der Waals surface area contributed by atoms with E-state index in [-0.39, 0.29) is 0 Å². The topological polar surface area (TPSA) is 41.1 Å². The van der Waals surface area contributed by atoms with Crippen molar-refractivity contribution in [2.75, 3.05) is 11.1 Å². The minimum Gasteiger partial charge on any atom is -0.329 e. The van der Waals surface area contributed by atoms with Gasteiger partial charge in [0, 0.05) is 16.3 Å².